The summed E-state index contributed by atoms with van der Waals surface area (Å²) in [6, 6.07) is 8.56. The van der Waals surface area contributed by atoms with Crippen molar-refractivity contribution in [2.24, 2.45) is 5.41 Å². The van der Waals surface area contributed by atoms with Crippen molar-refractivity contribution >= 4 is 12.6 Å². The molecule has 1 aromatic rings. The molecule has 114 valence electrons. The molecule has 2 heterocycles. The van der Waals surface area contributed by atoms with Crippen LogP contribution in [0.5, 0.6) is 0 Å². The summed E-state index contributed by atoms with van der Waals surface area (Å²) in [4.78, 5) is 2.42. The summed E-state index contributed by atoms with van der Waals surface area (Å²) >= 11 is 0. The predicted octanol–water partition coefficient (Wildman–Crippen LogP) is 1.29. The molecule has 3 rings (SSSR count). The summed E-state index contributed by atoms with van der Waals surface area (Å²) in [7, 11) is -0.220. The second-order valence-corrected chi connectivity index (χ2v) is 6.75. The zero-order valence-corrected chi connectivity index (χ0v) is 13.0. The second kappa shape index (κ2) is 6.49. The third-order valence-corrected chi connectivity index (χ3v) is 3.98. The van der Waals surface area contributed by atoms with Crippen molar-refractivity contribution in [3.05, 3.63) is 29.8 Å². The number of benzene rings is 1. The van der Waals surface area contributed by atoms with Crippen LogP contribution in [0.25, 0.3) is 0 Å². The molecule has 2 aliphatic rings. The molecule has 4 nitrogen and oxygen atoms in total. The van der Waals surface area contributed by atoms with Crippen molar-refractivity contribution in [1.82, 2.24) is 4.90 Å². The second-order valence-electron chi connectivity index (χ2n) is 6.75. The van der Waals surface area contributed by atoms with Gasteiger partial charge in [-0.05, 0) is 11.0 Å². The molecule has 21 heavy (non-hydrogen) atoms. The Hall–Kier alpha value is -0.875. The molecule has 0 unspecified atom stereocenters. The molecule has 2 saturated heterocycles. The van der Waals surface area contributed by atoms with Crippen molar-refractivity contribution in [2.75, 3.05) is 39.5 Å². The van der Waals surface area contributed by atoms with Gasteiger partial charge in [-0.25, -0.2) is 0 Å². The van der Waals surface area contributed by atoms with E-state index in [4.69, 9.17) is 14.0 Å². The first-order valence-corrected chi connectivity index (χ1v) is 7.75. The number of nitrogens with zero attached hydrogens (tertiary/aromatic N) is 1. The lowest BCUT2D eigenvalue weighted by molar-refractivity contribution is 0.0335. The van der Waals surface area contributed by atoms with Gasteiger partial charge in [0.1, 0.15) is 0 Å². The zero-order chi connectivity index (χ0) is 14.7. The summed E-state index contributed by atoms with van der Waals surface area (Å²) in [5.41, 5.74) is 2.55. The van der Waals surface area contributed by atoms with Crippen LogP contribution in [0, 0.1) is 5.41 Å². The third kappa shape index (κ3) is 4.07. The molecule has 2 fully saturated rings. The molecule has 1 aromatic carbocycles. The number of hydrogen-bond acceptors (Lipinski definition) is 4. The fourth-order valence-electron chi connectivity index (χ4n) is 2.74. The topological polar surface area (TPSA) is 30.9 Å². The minimum Gasteiger partial charge on any atom is -0.407 e. The van der Waals surface area contributed by atoms with E-state index in [1.165, 1.54) is 5.56 Å². The molecule has 5 heteroatoms. The lowest BCUT2D eigenvalue weighted by atomic mass is 9.75. The lowest BCUT2D eigenvalue weighted by Crippen LogP contribution is -2.47. The largest absolute Gasteiger partial charge is 0.493 e. The molecular formula is C16H24BNO3. The molecule has 0 atom stereocenters. The summed E-state index contributed by atoms with van der Waals surface area (Å²) in [6.07, 6.45) is 0. The molecule has 0 spiro atoms. The Balaban J connectivity index is 1.63. The normalized spacial score (nSPS) is 23.2. The smallest absolute Gasteiger partial charge is 0.407 e. The Bertz CT molecular complexity index is 464. The quantitative estimate of drug-likeness (QED) is 0.785. The molecular weight excluding hydrogens is 265 g/mol. The van der Waals surface area contributed by atoms with Crippen molar-refractivity contribution in [2.45, 2.75) is 20.4 Å². The van der Waals surface area contributed by atoms with E-state index in [9.17, 15) is 0 Å². The molecule has 0 aliphatic carbocycles. The van der Waals surface area contributed by atoms with Crippen molar-refractivity contribution in [1.29, 1.82) is 0 Å². The van der Waals surface area contributed by atoms with Crippen LogP contribution in [0.2, 0.25) is 0 Å². The maximum Gasteiger partial charge on any atom is 0.493 e. The standard InChI is InChI=1S/C16H24BNO3/c1-16(2)12-20-17(21-13-16)15-5-3-4-14(10-15)11-18-6-8-19-9-7-18/h3-5,10H,6-9,11-13H2,1-2H3. The number of morpholine rings is 1. The van der Waals surface area contributed by atoms with E-state index in [2.05, 4.69) is 43.0 Å². The van der Waals surface area contributed by atoms with Gasteiger partial charge in [-0.15, -0.1) is 0 Å². The number of hydrogen-bond donors (Lipinski definition) is 0. The highest BCUT2D eigenvalue weighted by atomic mass is 16.6. The Morgan fingerprint density at radius 1 is 1.14 bits per heavy atom. The van der Waals surface area contributed by atoms with Crippen LogP contribution in [-0.2, 0) is 20.6 Å². The SMILES string of the molecule is CC1(C)COB(c2cccc(CN3CCOCC3)c2)OC1. The van der Waals surface area contributed by atoms with E-state index >= 15 is 0 Å². The maximum absolute atomic E-state index is 5.87. The van der Waals surface area contributed by atoms with Gasteiger partial charge in [0, 0.05) is 38.3 Å². The Labute approximate surface area is 127 Å². The summed E-state index contributed by atoms with van der Waals surface area (Å²) in [6.45, 7) is 10.5. The van der Waals surface area contributed by atoms with Gasteiger partial charge in [0.25, 0.3) is 0 Å². The van der Waals surface area contributed by atoms with Gasteiger partial charge in [0.15, 0.2) is 0 Å². The van der Waals surface area contributed by atoms with Gasteiger partial charge in [-0.1, -0.05) is 38.1 Å². The van der Waals surface area contributed by atoms with Crippen molar-refractivity contribution in [3.63, 3.8) is 0 Å². The lowest BCUT2D eigenvalue weighted by Gasteiger charge is -2.33. The zero-order valence-electron chi connectivity index (χ0n) is 13.0. The summed E-state index contributed by atoms with van der Waals surface area (Å²) in [5.74, 6) is 0. The highest BCUT2D eigenvalue weighted by Crippen LogP contribution is 2.21. The van der Waals surface area contributed by atoms with Crippen molar-refractivity contribution in [3.8, 4) is 0 Å². The fourth-order valence-corrected chi connectivity index (χ4v) is 2.74. The molecule has 0 bridgehead atoms. The fraction of sp³-hybridized carbons (Fsp3) is 0.625. The first-order chi connectivity index (χ1) is 10.1. The minimum atomic E-state index is -0.220. The van der Waals surface area contributed by atoms with E-state index < -0.39 is 0 Å². The average molecular weight is 289 g/mol. The van der Waals surface area contributed by atoms with E-state index in [0.29, 0.717) is 0 Å². The third-order valence-electron chi connectivity index (χ3n) is 3.98. The van der Waals surface area contributed by atoms with Crippen molar-refractivity contribution < 1.29 is 14.0 Å². The Kier molecular flexibility index (Phi) is 4.64. The van der Waals surface area contributed by atoms with E-state index in [1.807, 2.05) is 0 Å². The van der Waals surface area contributed by atoms with Crippen LogP contribution >= 0.6 is 0 Å². The van der Waals surface area contributed by atoms with Gasteiger partial charge in [-0.3, -0.25) is 4.90 Å². The van der Waals surface area contributed by atoms with Crippen LogP contribution in [0.3, 0.4) is 0 Å². The van der Waals surface area contributed by atoms with Crippen LogP contribution < -0.4 is 5.46 Å². The Morgan fingerprint density at radius 2 is 1.86 bits per heavy atom. The average Bonchev–Trinajstić information content (AvgIpc) is 2.48. The number of rotatable bonds is 3. The molecule has 0 aromatic heterocycles. The van der Waals surface area contributed by atoms with Gasteiger partial charge >= 0.3 is 7.12 Å². The molecule has 0 N–H and O–H groups in total. The Morgan fingerprint density at radius 3 is 2.57 bits per heavy atom. The van der Waals surface area contributed by atoms with Crippen LogP contribution in [0.15, 0.2) is 24.3 Å². The van der Waals surface area contributed by atoms with Gasteiger partial charge in [-0.2, -0.15) is 0 Å². The molecule has 0 amide bonds. The highest BCUT2D eigenvalue weighted by molar-refractivity contribution is 6.61. The first kappa shape index (κ1) is 15.0. The highest BCUT2D eigenvalue weighted by Gasteiger charge is 2.33. The van der Waals surface area contributed by atoms with Crippen LogP contribution in [0.1, 0.15) is 19.4 Å². The van der Waals surface area contributed by atoms with Crippen LogP contribution in [-0.4, -0.2) is 51.5 Å². The van der Waals surface area contributed by atoms with Crippen LogP contribution in [0.4, 0.5) is 0 Å². The van der Waals surface area contributed by atoms with Gasteiger partial charge in [0.2, 0.25) is 0 Å². The first-order valence-electron chi connectivity index (χ1n) is 7.75. The number of ether oxygens (including phenoxy) is 1. The predicted molar refractivity (Wildman–Crippen MR) is 83.6 cm³/mol. The maximum atomic E-state index is 5.87. The van der Waals surface area contributed by atoms with Gasteiger partial charge in [0.05, 0.1) is 13.2 Å². The molecule has 0 saturated carbocycles. The minimum absolute atomic E-state index is 0.113. The monoisotopic (exact) mass is 289 g/mol. The summed E-state index contributed by atoms with van der Waals surface area (Å²) < 4.78 is 17.1. The van der Waals surface area contributed by atoms with Gasteiger partial charge < -0.3 is 14.0 Å². The van der Waals surface area contributed by atoms with E-state index in [1.54, 1.807) is 0 Å². The summed E-state index contributed by atoms with van der Waals surface area (Å²) in [5, 5.41) is 0. The molecule has 0 radical (unpaired) electrons. The molecule has 2 aliphatic heterocycles. The van der Waals surface area contributed by atoms with E-state index in [-0.39, 0.29) is 12.5 Å². The van der Waals surface area contributed by atoms with E-state index in [0.717, 1.165) is 51.5 Å².